The van der Waals surface area contributed by atoms with Crippen LogP contribution in [0.4, 0.5) is 24.8 Å². The van der Waals surface area contributed by atoms with Gasteiger partial charge in [0.15, 0.2) is 5.69 Å². The Morgan fingerprint density at radius 2 is 1.83 bits per heavy atom. The molecule has 0 unspecified atom stereocenters. The molecule has 2 aromatic heterocycles. The van der Waals surface area contributed by atoms with E-state index in [1.165, 1.54) is 18.5 Å². The van der Waals surface area contributed by atoms with Crippen LogP contribution < -0.4 is 4.90 Å². The summed E-state index contributed by atoms with van der Waals surface area (Å²) >= 11 is 0. The van der Waals surface area contributed by atoms with Crippen LogP contribution in [0.25, 0.3) is 0 Å². The summed E-state index contributed by atoms with van der Waals surface area (Å²) in [5.74, 6) is 0.261. The van der Waals surface area contributed by atoms with Gasteiger partial charge in [-0.2, -0.15) is 18.3 Å². The van der Waals surface area contributed by atoms with Crippen LogP contribution in [0.5, 0.6) is 0 Å². The normalized spacial score (nSPS) is 14.6. The molecule has 0 radical (unpaired) electrons. The molecule has 3 heterocycles. The molecule has 0 aromatic carbocycles. The Morgan fingerprint density at radius 1 is 1.21 bits per heavy atom. The fraction of sp³-hybridized carbons (Fsp3) is 0.462. The fourth-order valence-corrected chi connectivity index (χ4v) is 2.67. The first-order valence-electron chi connectivity index (χ1n) is 7.05. The summed E-state index contributed by atoms with van der Waals surface area (Å²) in [6, 6.07) is 0.997. The minimum atomic E-state index is -4.49. The number of rotatable bonds is 2. The Bertz CT molecular complexity index is 794. The summed E-state index contributed by atoms with van der Waals surface area (Å²) in [5.41, 5.74) is -0.252. The summed E-state index contributed by atoms with van der Waals surface area (Å²) in [5, 5.41) is 14.5. The van der Waals surface area contributed by atoms with Gasteiger partial charge >= 0.3 is 11.9 Å². The van der Waals surface area contributed by atoms with Crippen LogP contribution in [0.3, 0.4) is 0 Å². The molecule has 0 saturated carbocycles. The number of hydrogen-bond donors (Lipinski definition) is 0. The van der Waals surface area contributed by atoms with Gasteiger partial charge in [0.05, 0.1) is 23.7 Å². The van der Waals surface area contributed by atoms with Gasteiger partial charge in [0.2, 0.25) is 5.95 Å². The topological polar surface area (TPSA) is 90.0 Å². The number of halogens is 3. The van der Waals surface area contributed by atoms with Crippen LogP contribution in [-0.2, 0) is 19.3 Å². The van der Waals surface area contributed by atoms with E-state index in [4.69, 9.17) is 0 Å². The zero-order valence-corrected chi connectivity index (χ0v) is 12.8. The summed E-state index contributed by atoms with van der Waals surface area (Å²) < 4.78 is 39.5. The maximum Gasteiger partial charge on any atom is 0.435 e. The minimum Gasteiger partial charge on any atom is -0.333 e. The molecule has 24 heavy (non-hydrogen) atoms. The predicted molar refractivity (Wildman–Crippen MR) is 76.4 cm³/mol. The van der Waals surface area contributed by atoms with Crippen molar-refractivity contribution in [3.63, 3.8) is 0 Å². The zero-order chi connectivity index (χ0) is 17.6. The third-order valence-corrected chi connectivity index (χ3v) is 3.77. The van der Waals surface area contributed by atoms with E-state index in [1.807, 2.05) is 0 Å². The van der Waals surface area contributed by atoms with Crippen molar-refractivity contribution in [2.24, 2.45) is 0 Å². The number of nitro groups is 1. The smallest absolute Gasteiger partial charge is 0.333 e. The van der Waals surface area contributed by atoms with E-state index in [1.54, 1.807) is 4.90 Å². The number of nitrogens with zero attached hydrogens (tertiary/aromatic N) is 6. The molecular weight excluding hydrogens is 329 g/mol. The Kier molecular flexibility index (Phi) is 3.65. The Labute approximate surface area is 134 Å². The average molecular weight is 342 g/mol. The number of aromatic nitrogens is 4. The standard InChI is InChI=1S/C13H13F3N6O2/c1-7-11(22(23)24)8(2)18-12(17-7)20-3-4-21-9(6-20)5-10(19-21)13(14,15)16/h5H,3-4,6H2,1-2H3. The summed E-state index contributed by atoms with van der Waals surface area (Å²) in [6.07, 6.45) is -4.49. The first-order chi connectivity index (χ1) is 11.2. The molecule has 0 bridgehead atoms. The van der Waals surface area contributed by atoms with Crippen molar-refractivity contribution in [3.8, 4) is 0 Å². The molecule has 1 aliphatic heterocycles. The van der Waals surface area contributed by atoms with E-state index < -0.39 is 16.8 Å². The van der Waals surface area contributed by atoms with Crippen LogP contribution >= 0.6 is 0 Å². The van der Waals surface area contributed by atoms with E-state index in [2.05, 4.69) is 15.1 Å². The van der Waals surface area contributed by atoms with Gasteiger partial charge in [-0.05, 0) is 19.9 Å². The molecule has 0 amide bonds. The molecule has 3 rings (SSSR count). The van der Waals surface area contributed by atoms with Gasteiger partial charge < -0.3 is 4.90 Å². The molecule has 0 fully saturated rings. The molecule has 1 aliphatic rings. The third-order valence-electron chi connectivity index (χ3n) is 3.77. The van der Waals surface area contributed by atoms with Gasteiger partial charge in [0, 0.05) is 6.54 Å². The summed E-state index contributed by atoms with van der Waals surface area (Å²) in [7, 11) is 0. The number of hydrogen-bond acceptors (Lipinski definition) is 6. The second-order valence-corrected chi connectivity index (χ2v) is 5.46. The Morgan fingerprint density at radius 3 is 2.38 bits per heavy atom. The highest BCUT2D eigenvalue weighted by Gasteiger charge is 2.36. The summed E-state index contributed by atoms with van der Waals surface area (Å²) in [6.45, 7) is 3.78. The number of alkyl halides is 3. The molecule has 128 valence electrons. The van der Waals surface area contributed by atoms with Gasteiger partial charge in [-0.15, -0.1) is 0 Å². The number of fused-ring (bicyclic) bond motifs is 1. The number of anilines is 1. The van der Waals surface area contributed by atoms with Crippen LogP contribution in [0.15, 0.2) is 6.07 Å². The van der Waals surface area contributed by atoms with Crippen LogP contribution in [-0.4, -0.2) is 31.2 Å². The molecule has 0 atom stereocenters. The zero-order valence-electron chi connectivity index (χ0n) is 12.8. The van der Waals surface area contributed by atoms with Crippen molar-refractivity contribution in [1.82, 2.24) is 19.7 Å². The van der Waals surface area contributed by atoms with Gasteiger partial charge in [0.25, 0.3) is 0 Å². The lowest BCUT2D eigenvalue weighted by molar-refractivity contribution is -0.386. The van der Waals surface area contributed by atoms with Crippen molar-refractivity contribution >= 4 is 11.6 Å². The molecule has 0 saturated heterocycles. The quantitative estimate of drug-likeness (QED) is 0.614. The predicted octanol–water partition coefficient (Wildman–Crippen LogP) is 2.24. The molecule has 0 aliphatic carbocycles. The first-order valence-corrected chi connectivity index (χ1v) is 7.05. The van der Waals surface area contributed by atoms with E-state index in [0.717, 1.165) is 6.07 Å². The maximum atomic E-state index is 12.7. The lowest BCUT2D eigenvalue weighted by atomic mass is 10.2. The lowest BCUT2D eigenvalue weighted by Crippen LogP contribution is -2.35. The SMILES string of the molecule is Cc1nc(N2CCn3nc(C(F)(F)F)cc3C2)nc(C)c1[N+](=O)[O-]. The average Bonchev–Trinajstić information content (AvgIpc) is 2.89. The molecule has 0 spiro atoms. The summed E-state index contributed by atoms with van der Waals surface area (Å²) in [4.78, 5) is 20.4. The van der Waals surface area contributed by atoms with Crippen molar-refractivity contribution in [2.45, 2.75) is 33.1 Å². The molecular formula is C13H13F3N6O2. The molecule has 0 N–H and O–H groups in total. The maximum absolute atomic E-state index is 12.7. The number of aryl methyl sites for hydroxylation is 2. The second kappa shape index (κ2) is 5.42. The first kappa shape index (κ1) is 16.1. The van der Waals surface area contributed by atoms with Gasteiger partial charge in [0.1, 0.15) is 11.4 Å². The van der Waals surface area contributed by atoms with E-state index in [-0.39, 0.29) is 36.1 Å². The minimum absolute atomic E-state index is 0.153. The van der Waals surface area contributed by atoms with Crippen LogP contribution in [0, 0.1) is 24.0 Å². The van der Waals surface area contributed by atoms with Crippen LogP contribution in [0.2, 0.25) is 0 Å². The van der Waals surface area contributed by atoms with Crippen molar-refractivity contribution < 1.29 is 18.1 Å². The van der Waals surface area contributed by atoms with Gasteiger partial charge in [-0.1, -0.05) is 0 Å². The molecule has 11 heteroatoms. The van der Waals surface area contributed by atoms with Crippen molar-refractivity contribution in [2.75, 3.05) is 11.4 Å². The van der Waals surface area contributed by atoms with E-state index >= 15 is 0 Å². The Hall–Kier alpha value is -2.72. The van der Waals surface area contributed by atoms with Crippen LogP contribution in [0.1, 0.15) is 22.8 Å². The lowest BCUT2D eigenvalue weighted by Gasteiger charge is -2.27. The monoisotopic (exact) mass is 342 g/mol. The Balaban J connectivity index is 1.91. The molecule has 2 aromatic rings. The van der Waals surface area contributed by atoms with E-state index in [0.29, 0.717) is 12.2 Å². The third kappa shape index (κ3) is 2.76. The highest BCUT2D eigenvalue weighted by Crippen LogP contribution is 2.30. The molecule has 8 nitrogen and oxygen atoms in total. The fourth-order valence-electron chi connectivity index (χ4n) is 2.67. The second-order valence-electron chi connectivity index (χ2n) is 5.46. The van der Waals surface area contributed by atoms with E-state index in [9.17, 15) is 23.3 Å². The highest BCUT2D eigenvalue weighted by molar-refractivity contribution is 5.45. The van der Waals surface area contributed by atoms with Crippen molar-refractivity contribution in [1.29, 1.82) is 0 Å². The van der Waals surface area contributed by atoms with Crippen molar-refractivity contribution in [3.05, 3.63) is 39.0 Å². The van der Waals surface area contributed by atoms with Gasteiger partial charge in [-0.25, -0.2) is 9.97 Å². The van der Waals surface area contributed by atoms with Gasteiger partial charge in [-0.3, -0.25) is 14.8 Å². The highest BCUT2D eigenvalue weighted by atomic mass is 19.4. The largest absolute Gasteiger partial charge is 0.435 e.